The van der Waals surface area contributed by atoms with Crippen LogP contribution in [0, 0.1) is 6.20 Å². The zero-order valence-corrected chi connectivity index (χ0v) is 12.5. The van der Waals surface area contributed by atoms with Gasteiger partial charge in [0.15, 0.2) is 6.23 Å². The topological polar surface area (TPSA) is 102 Å². The minimum absolute atomic E-state index is 0. The van der Waals surface area contributed by atoms with Crippen LogP contribution in [-0.2, 0) is 44.0 Å². The molecule has 4 rings (SSSR count). The van der Waals surface area contributed by atoms with Crippen molar-refractivity contribution in [3.8, 4) is 0 Å². The van der Waals surface area contributed by atoms with Crippen molar-refractivity contribution in [1.29, 1.82) is 0 Å². The van der Waals surface area contributed by atoms with Crippen LogP contribution >= 0.6 is 0 Å². The van der Waals surface area contributed by atoms with E-state index in [0.717, 1.165) is 0 Å². The van der Waals surface area contributed by atoms with Crippen LogP contribution in [0.15, 0.2) is 11.1 Å². The third-order valence-electron chi connectivity index (χ3n) is 3.49. The second kappa shape index (κ2) is 4.42. The first-order chi connectivity index (χ1) is 8.66. The molecule has 0 aliphatic carbocycles. The first kappa shape index (κ1) is 13.3. The second-order valence-electron chi connectivity index (χ2n) is 4.49. The fraction of sp³-hybridized carbons (Fsp3) is 0.500. The van der Waals surface area contributed by atoms with Gasteiger partial charge < -0.3 is 33.9 Å². The Morgan fingerprint density at radius 1 is 1.42 bits per heavy atom. The normalized spacial score (nSPS) is 32.1. The van der Waals surface area contributed by atoms with E-state index in [9.17, 15) is 15.0 Å². The van der Waals surface area contributed by atoms with E-state index in [2.05, 4.69) is 16.2 Å². The van der Waals surface area contributed by atoms with Crippen molar-refractivity contribution in [3.63, 3.8) is 0 Å². The third-order valence-corrected chi connectivity index (χ3v) is 3.49. The summed E-state index contributed by atoms with van der Waals surface area (Å²) in [5, 5.41) is 19.8. The Morgan fingerprint density at radius 2 is 2.21 bits per heavy atom. The smallest absolute Gasteiger partial charge is 0.231 e. The van der Waals surface area contributed by atoms with Gasteiger partial charge in [0.25, 0.3) is 0 Å². The molecule has 19 heavy (non-hydrogen) atoms. The summed E-state index contributed by atoms with van der Waals surface area (Å²) >= 11 is 0. The maximum atomic E-state index is 11.7. The number of imidazole rings is 1. The molecule has 2 aromatic heterocycles. The molecule has 0 aromatic carbocycles. The molecular weight excluding hydrogens is 329 g/mol. The van der Waals surface area contributed by atoms with Gasteiger partial charge in [-0.05, 0) is 6.20 Å². The molecule has 2 aliphatic rings. The van der Waals surface area contributed by atoms with Crippen LogP contribution < -0.4 is 5.69 Å². The van der Waals surface area contributed by atoms with Crippen molar-refractivity contribution < 1.29 is 47.7 Å². The number of nitrogens with zero attached hydrogens (tertiary/aromatic N) is 4. The minimum Gasteiger partial charge on any atom is -0.387 e. The Labute approximate surface area is 131 Å². The zero-order valence-electron chi connectivity index (χ0n) is 9.67. The molecule has 1 unspecified atom stereocenters. The van der Waals surface area contributed by atoms with E-state index in [4.69, 9.17) is 4.74 Å². The van der Waals surface area contributed by atoms with E-state index in [-0.39, 0.29) is 39.3 Å². The molecule has 2 aromatic rings. The summed E-state index contributed by atoms with van der Waals surface area (Å²) in [4.78, 5) is 19.4. The summed E-state index contributed by atoms with van der Waals surface area (Å²) in [7, 11) is 0. The van der Waals surface area contributed by atoms with E-state index in [0.29, 0.717) is 11.2 Å². The van der Waals surface area contributed by atoms with E-state index in [1.54, 1.807) is 0 Å². The monoisotopic (exact) mass is 338 g/mol. The molecule has 2 N–H and O–H groups in total. The molecule has 1 fully saturated rings. The first-order valence-corrected chi connectivity index (χ1v) is 5.53. The molecule has 0 saturated carbocycles. The number of fused-ring (bicyclic) bond motifs is 3. The number of ether oxygens (including phenoxy) is 1. The molecule has 1 radical (unpaired) electrons. The van der Waals surface area contributed by atoms with Crippen LogP contribution in [0.2, 0.25) is 0 Å². The number of hydrogen-bond acceptors (Lipinski definition) is 6. The Morgan fingerprint density at radius 3 is 3.00 bits per heavy atom. The summed E-state index contributed by atoms with van der Waals surface area (Å²) in [6, 6.07) is 0. The molecule has 1 saturated heterocycles. The largest absolute Gasteiger partial charge is 0.387 e. The maximum Gasteiger partial charge on any atom is 0.231 e. The quantitative estimate of drug-likeness (QED) is 0.540. The van der Waals surface area contributed by atoms with Crippen LogP contribution in [0.1, 0.15) is 6.23 Å². The van der Waals surface area contributed by atoms with Gasteiger partial charge in [0.1, 0.15) is 18.3 Å². The molecule has 9 heteroatoms. The summed E-state index contributed by atoms with van der Waals surface area (Å²) < 4.78 is 8.48. The van der Waals surface area contributed by atoms with Gasteiger partial charge in [0.05, 0.1) is 6.33 Å². The molecule has 0 amide bonds. The van der Waals surface area contributed by atoms with Crippen LogP contribution in [0.25, 0.3) is 11.2 Å². The third kappa shape index (κ3) is 1.67. The number of rotatable bonds is 0. The van der Waals surface area contributed by atoms with Crippen LogP contribution in [0.3, 0.4) is 0 Å². The second-order valence-corrected chi connectivity index (χ2v) is 4.49. The zero-order chi connectivity index (χ0) is 12.4. The Balaban J connectivity index is 0.00000110. The molecule has 2 aliphatic heterocycles. The summed E-state index contributed by atoms with van der Waals surface area (Å²) in [6.07, 6.45) is 0.563. The van der Waals surface area contributed by atoms with Crippen LogP contribution in [-0.4, -0.2) is 47.6 Å². The molecule has 4 atom stereocenters. The Kier molecular flexibility index (Phi) is 3.10. The predicted molar refractivity (Wildman–Crippen MR) is 56.5 cm³/mol. The number of hydrogen-bond donors (Lipinski definition) is 2. The van der Waals surface area contributed by atoms with Gasteiger partial charge in [-0.1, -0.05) is 0 Å². The average Bonchev–Trinajstić information content (AvgIpc) is 2.82. The van der Waals surface area contributed by atoms with Crippen LogP contribution in [0.5, 0.6) is 0 Å². The molecule has 97 valence electrons. The SMILES string of the molecule is O=c1n[c-]c2ncn3c2n1C[C@H]1O[C@@H]3C(O)[C@H]1O.[Y]. The van der Waals surface area contributed by atoms with Crippen LogP contribution in [0.4, 0.5) is 0 Å². The molecule has 0 spiro atoms. The average molecular weight is 338 g/mol. The van der Waals surface area contributed by atoms with Gasteiger partial charge in [-0.15, -0.1) is 0 Å². The van der Waals surface area contributed by atoms with Gasteiger partial charge in [-0.3, -0.25) is 4.98 Å². The van der Waals surface area contributed by atoms with Gasteiger partial charge in [-0.25, -0.2) is 0 Å². The van der Waals surface area contributed by atoms with Crippen molar-refractivity contribution in [2.45, 2.75) is 31.1 Å². The first-order valence-electron chi connectivity index (χ1n) is 5.53. The Hall–Kier alpha value is -0.666. The van der Waals surface area contributed by atoms with Gasteiger partial charge in [-0.2, -0.15) is 0 Å². The molecule has 8 nitrogen and oxygen atoms in total. The summed E-state index contributed by atoms with van der Waals surface area (Å²) in [5.41, 5.74) is 0.475. The number of aliphatic hydroxyl groups is 2. The summed E-state index contributed by atoms with van der Waals surface area (Å²) in [5.74, 6) is 0. The molecular formula is C10H9N4O4Y-. The van der Waals surface area contributed by atoms with Gasteiger partial charge >= 0.3 is 0 Å². The fourth-order valence-electron chi connectivity index (χ4n) is 2.59. The van der Waals surface area contributed by atoms with Crippen molar-refractivity contribution >= 4 is 11.2 Å². The molecule has 4 heterocycles. The van der Waals surface area contributed by atoms with Crippen molar-refractivity contribution in [3.05, 3.63) is 23.0 Å². The number of aromatic nitrogens is 4. The van der Waals surface area contributed by atoms with Gasteiger partial charge in [0, 0.05) is 50.4 Å². The summed E-state index contributed by atoms with van der Waals surface area (Å²) in [6.45, 7) is 0.136. The van der Waals surface area contributed by atoms with Crippen molar-refractivity contribution in [1.82, 2.24) is 19.1 Å². The van der Waals surface area contributed by atoms with E-state index in [1.165, 1.54) is 15.5 Å². The van der Waals surface area contributed by atoms with Crippen molar-refractivity contribution in [2.75, 3.05) is 0 Å². The standard InChI is InChI=1S/C10H9N4O4.Y/c15-6-5-2-13-8-4(1-11-10(13)17)12-3-14(8)9(18-5)7(6)16;/h3,5-7,9,15-16H,2H2;/q-1;/t5-,6+,7?,9-;/m1./s1. The maximum absolute atomic E-state index is 11.7. The van der Waals surface area contributed by atoms with E-state index < -0.39 is 30.2 Å². The fourth-order valence-corrected chi connectivity index (χ4v) is 2.59. The minimum atomic E-state index is -1.04. The predicted octanol–water partition coefficient (Wildman–Crippen LogP) is -1.98. The van der Waals surface area contributed by atoms with E-state index in [1.807, 2.05) is 0 Å². The van der Waals surface area contributed by atoms with Gasteiger partial charge in [0.2, 0.25) is 5.69 Å². The number of aliphatic hydroxyl groups excluding tert-OH is 2. The van der Waals surface area contributed by atoms with E-state index >= 15 is 0 Å². The Bertz CT molecular complexity index is 698. The molecule has 2 bridgehead atoms. The van der Waals surface area contributed by atoms with Crippen molar-refractivity contribution in [2.24, 2.45) is 0 Å².